The lowest BCUT2D eigenvalue weighted by atomic mass is 10.1. The monoisotopic (exact) mass is 272 g/mol. The van der Waals surface area contributed by atoms with Crippen LogP contribution in [0.1, 0.15) is 19.8 Å². The Balaban J connectivity index is 2.34. The first kappa shape index (κ1) is 14.8. The van der Waals surface area contributed by atoms with Crippen LogP contribution in [0.15, 0.2) is 0 Å². The van der Waals surface area contributed by atoms with Crippen LogP contribution >= 0.6 is 12.2 Å². The van der Waals surface area contributed by atoms with Gasteiger partial charge in [0, 0.05) is 12.6 Å². The van der Waals surface area contributed by atoms with Gasteiger partial charge in [-0.1, -0.05) is 19.1 Å². The van der Waals surface area contributed by atoms with Crippen LogP contribution in [-0.2, 0) is 9.59 Å². The van der Waals surface area contributed by atoms with E-state index in [4.69, 9.17) is 5.73 Å². The van der Waals surface area contributed by atoms with E-state index >= 15 is 0 Å². The molecule has 1 saturated heterocycles. The molecule has 7 heteroatoms. The molecule has 4 N–H and O–H groups in total. The molecule has 0 aromatic rings. The smallest absolute Gasteiger partial charge is 0.309 e. The molecule has 102 valence electrons. The molecular weight excluding hydrogens is 252 g/mol. The van der Waals surface area contributed by atoms with Crippen molar-refractivity contribution in [3.05, 3.63) is 0 Å². The van der Waals surface area contributed by atoms with Gasteiger partial charge in [0.15, 0.2) is 0 Å². The average molecular weight is 272 g/mol. The van der Waals surface area contributed by atoms with Crippen LogP contribution in [0, 0.1) is 0 Å². The molecule has 1 heterocycles. The first-order valence-corrected chi connectivity index (χ1v) is 6.53. The summed E-state index contributed by atoms with van der Waals surface area (Å²) in [5, 5.41) is 5.10. The number of carbonyl (C=O) groups excluding carboxylic acids is 2. The summed E-state index contributed by atoms with van der Waals surface area (Å²) in [4.78, 5) is 25.4. The predicted octanol–water partition coefficient (Wildman–Crippen LogP) is -1.01. The number of nitrogens with two attached hydrogens (primary N) is 1. The van der Waals surface area contributed by atoms with Crippen molar-refractivity contribution in [2.24, 2.45) is 5.73 Å². The Hall–Kier alpha value is -1.21. The summed E-state index contributed by atoms with van der Waals surface area (Å²) in [5.74, 6) is -1.30. The Morgan fingerprint density at radius 3 is 2.78 bits per heavy atom. The molecule has 0 radical (unpaired) electrons. The van der Waals surface area contributed by atoms with Gasteiger partial charge in [0.1, 0.15) is 0 Å². The maximum Gasteiger partial charge on any atom is 0.309 e. The van der Waals surface area contributed by atoms with E-state index in [1.165, 1.54) is 0 Å². The number of hydrogen-bond acceptors (Lipinski definition) is 4. The summed E-state index contributed by atoms with van der Waals surface area (Å²) >= 11 is 4.62. The molecule has 1 aliphatic heterocycles. The lowest BCUT2D eigenvalue weighted by Crippen LogP contribution is -2.51. The second-order valence-electron chi connectivity index (χ2n) is 4.35. The highest BCUT2D eigenvalue weighted by Gasteiger charge is 2.23. The number of amides is 2. The molecule has 0 spiro atoms. The Morgan fingerprint density at radius 2 is 2.17 bits per heavy atom. The molecular formula is C11H20N4O2S. The lowest BCUT2D eigenvalue weighted by molar-refractivity contribution is -0.139. The van der Waals surface area contributed by atoms with Crippen molar-refractivity contribution in [1.82, 2.24) is 15.5 Å². The van der Waals surface area contributed by atoms with E-state index < -0.39 is 11.8 Å². The predicted molar refractivity (Wildman–Crippen MR) is 73.1 cm³/mol. The first-order chi connectivity index (χ1) is 8.52. The van der Waals surface area contributed by atoms with Crippen molar-refractivity contribution in [3.8, 4) is 0 Å². The van der Waals surface area contributed by atoms with Crippen molar-refractivity contribution < 1.29 is 9.59 Å². The highest BCUT2D eigenvalue weighted by Crippen LogP contribution is 2.09. The third-order valence-corrected chi connectivity index (χ3v) is 3.06. The number of likely N-dealkylation sites (N-methyl/N-ethyl adjacent to an activating group) is 1. The van der Waals surface area contributed by atoms with Crippen LogP contribution in [0.25, 0.3) is 0 Å². The largest absolute Gasteiger partial charge is 0.392 e. The minimum Gasteiger partial charge on any atom is -0.392 e. The number of rotatable bonds is 4. The zero-order valence-electron chi connectivity index (χ0n) is 10.6. The number of nitrogens with one attached hydrogen (secondary N) is 2. The van der Waals surface area contributed by atoms with Crippen molar-refractivity contribution in [2.45, 2.75) is 25.8 Å². The Kier molecular flexibility index (Phi) is 6.00. The minimum atomic E-state index is -0.684. The van der Waals surface area contributed by atoms with Gasteiger partial charge in [-0.05, 0) is 25.9 Å². The minimum absolute atomic E-state index is 0.0433. The van der Waals surface area contributed by atoms with Gasteiger partial charge in [-0.15, -0.1) is 0 Å². The summed E-state index contributed by atoms with van der Waals surface area (Å²) in [6.07, 6.45) is 1.94. The van der Waals surface area contributed by atoms with E-state index in [2.05, 4.69) is 34.7 Å². The van der Waals surface area contributed by atoms with Gasteiger partial charge in [0.25, 0.3) is 0 Å². The van der Waals surface area contributed by atoms with Crippen LogP contribution < -0.4 is 16.4 Å². The molecule has 1 unspecified atom stereocenters. The molecule has 18 heavy (non-hydrogen) atoms. The van der Waals surface area contributed by atoms with E-state index in [0.29, 0.717) is 0 Å². The van der Waals surface area contributed by atoms with Crippen LogP contribution in [0.4, 0.5) is 0 Å². The topological polar surface area (TPSA) is 87.5 Å². The van der Waals surface area contributed by atoms with Gasteiger partial charge in [-0.25, -0.2) is 0 Å². The zero-order valence-corrected chi connectivity index (χ0v) is 11.4. The van der Waals surface area contributed by atoms with E-state index in [-0.39, 0.29) is 17.6 Å². The van der Waals surface area contributed by atoms with Gasteiger partial charge in [-0.2, -0.15) is 0 Å². The number of likely N-dealkylation sites (tertiary alicyclic amines) is 1. The fourth-order valence-corrected chi connectivity index (χ4v) is 2.03. The maximum absolute atomic E-state index is 11.6. The second-order valence-corrected chi connectivity index (χ2v) is 4.88. The van der Waals surface area contributed by atoms with Crippen LogP contribution in [-0.4, -0.2) is 53.9 Å². The number of hydrogen-bond donors (Lipinski definition) is 3. The van der Waals surface area contributed by atoms with Crippen LogP contribution in [0.3, 0.4) is 0 Å². The molecule has 1 atom stereocenters. The summed E-state index contributed by atoms with van der Waals surface area (Å²) in [6, 6.07) is 0.0433. The zero-order chi connectivity index (χ0) is 13.5. The molecule has 2 amide bonds. The molecule has 0 aromatic carbocycles. The number of thiocarbonyl (C=S) groups is 1. The van der Waals surface area contributed by atoms with Gasteiger partial charge < -0.3 is 21.3 Å². The first-order valence-electron chi connectivity index (χ1n) is 6.12. The van der Waals surface area contributed by atoms with Gasteiger partial charge in [0.05, 0.1) is 11.5 Å². The molecule has 0 saturated carbocycles. The molecule has 0 bridgehead atoms. The summed E-state index contributed by atoms with van der Waals surface area (Å²) in [5.41, 5.74) is 5.24. The lowest BCUT2D eigenvalue weighted by Gasteiger charge is -2.32. The number of piperidine rings is 1. The Morgan fingerprint density at radius 1 is 1.44 bits per heavy atom. The van der Waals surface area contributed by atoms with Crippen molar-refractivity contribution in [2.75, 3.05) is 26.2 Å². The molecule has 1 rings (SSSR count). The van der Waals surface area contributed by atoms with Crippen molar-refractivity contribution in [1.29, 1.82) is 0 Å². The molecule has 6 nitrogen and oxygen atoms in total. The summed E-state index contributed by atoms with van der Waals surface area (Å²) < 4.78 is 0. The van der Waals surface area contributed by atoms with Crippen molar-refractivity contribution >= 4 is 29.0 Å². The Labute approximate surface area is 112 Å². The van der Waals surface area contributed by atoms with E-state index in [1.807, 2.05) is 0 Å². The van der Waals surface area contributed by atoms with Crippen LogP contribution in [0.2, 0.25) is 0 Å². The van der Waals surface area contributed by atoms with Crippen LogP contribution in [0.5, 0.6) is 0 Å². The summed E-state index contributed by atoms with van der Waals surface area (Å²) in [7, 11) is 0. The van der Waals surface area contributed by atoms with Gasteiger partial charge in [-0.3, -0.25) is 9.59 Å². The van der Waals surface area contributed by atoms with E-state index in [9.17, 15) is 9.59 Å². The number of nitrogens with zero attached hydrogens (tertiary/aromatic N) is 1. The highest BCUT2D eigenvalue weighted by molar-refractivity contribution is 7.80. The maximum atomic E-state index is 11.6. The quantitative estimate of drug-likeness (QED) is 0.451. The molecule has 0 aliphatic carbocycles. The third kappa shape index (κ3) is 4.97. The molecule has 1 fully saturated rings. The Bertz CT molecular complexity index is 335. The van der Waals surface area contributed by atoms with Crippen molar-refractivity contribution in [3.63, 3.8) is 0 Å². The van der Waals surface area contributed by atoms with E-state index in [0.717, 1.165) is 32.5 Å². The normalized spacial score (nSPS) is 20.2. The molecule has 0 aromatic heterocycles. The third-order valence-electron chi connectivity index (χ3n) is 2.92. The van der Waals surface area contributed by atoms with Gasteiger partial charge in [0.2, 0.25) is 0 Å². The standard InChI is InChI=1S/C11H20N4O2S/c1-2-15-5-3-4-8(7-15)14-11(17)10(16)13-6-9(12)18/h8H,2-7H2,1H3,(H2,12,18)(H,13,16)(H,14,17). The highest BCUT2D eigenvalue weighted by atomic mass is 32.1. The summed E-state index contributed by atoms with van der Waals surface area (Å²) in [6.45, 7) is 4.94. The SMILES string of the molecule is CCN1CCCC(NC(=O)C(=O)NCC(N)=S)C1. The molecule has 1 aliphatic rings. The fraction of sp³-hybridized carbons (Fsp3) is 0.727. The van der Waals surface area contributed by atoms with E-state index in [1.54, 1.807) is 0 Å². The van der Waals surface area contributed by atoms with Gasteiger partial charge >= 0.3 is 11.8 Å². The second kappa shape index (κ2) is 7.27. The average Bonchev–Trinajstić information content (AvgIpc) is 2.36. The fourth-order valence-electron chi connectivity index (χ4n) is 1.96. The number of carbonyl (C=O) groups is 2.